The number of nitro benzene ring substituents is 1. The van der Waals surface area contributed by atoms with Crippen molar-refractivity contribution in [2.24, 2.45) is 5.14 Å². The molecule has 0 atom stereocenters. The summed E-state index contributed by atoms with van der Waals surface area (Å²) in [7, 11) is -4.05. The van der Waals surface area contributed by atoms with E-state index in [1.807, 2.05) is 6.07 Å². The number of hydrogen-bond acceptors (Lipinski definition) is 6. The van der Waals surface area contributed by atoms with Crippen LogP contribution in [0.25, 0.3) is 0 Å². The highest BCUT2D eigenvalue weighted by atomic mass is 35.5. The van der Waals surface area contributed by atoms with Crippen LogP contribution in [0.5, 0.6) is 0 Å². The SMILES string of the molecule is NS(=O)(=O)c1ccc(NCCC(=O)NCc2cccc(Cl)c2)c([N+](=O)[O-])c1. The number of hydrogen-bond donors (Lipinski definition) is 3. The molecule has 2 aromatic carbocycles. The van der Waals surface area contributed by atoms with Gasteiger partial charge in [-0.2, -0.15) is 0 Å². The van der Waals surface area contributed by atoms with Gasteiger partial charge in [0.25, 0.3) is 5.69 Å². The number of nitrogens with zero attached hydrogens (tertiary/aromatic N) is 1. The van der Waals surface area contributed by atoms with Gasteiger partial charge in [0.15, 0.2) is 0 Å². The summed E-state index contributed by atoms with van der Waals surface area (Å²) >= 11 is 5.87. The second kappa shape index (κ2) is 8.80. The third kappa shape index (κ3) is 6.20. The largest absolute Gasteiger partial charge is 0.379 e. The molecule has 0 aliphatic heterocycles. The van der Waals surface area contributed by atoms with E-state index in [-0.39, 0.29) is 29.5 Å². The van der Waals surface area contributed by atoms with E-state index in [4.69, 9.17) is 16.7 Å². The summed E-state index contributed by atoms with van der Waals surface area (Å²) in [5.74, 6) is -0.258. The molecule has 0 heterocycles. The first-order valence-corrected chi connectivity index (χ1v) is 9.65. The number of primary sulfonamides is 1. The molecule has 1 amide bonds. The van der Waals surface area contributed by atoms with Gasteiger partial charge in [0.1, 0.15) is 5.69 Å². The molecule has 27 heavy (non-hydrogen) atoms. The molecule has 9 nitrogen and oxygen atoms in total. The summed E-state index contributed by atoms with van der Waals surface area (Å²) < 4.78 is 22.6. The number of rotatable bonds is 8. The highest BCUT2D eigenvalue weighted by molar-refractivity contribution is 7.89. The monoisotopic (exact) mass is 412 g/mol. The minimum absolute atomic E-state index is 0.0641. The molecule has 0 aromatic heterocycles. The number of carbonyl (C=O) groups is 1. The van der Waals surface area contributed by atoms with Crippen LogP contribution < -0.4 is 15.8 Å². The molecule has 0 aliphatic carbocycles. The number of nitro groups is 1. The first kappa shape index (κ1) is 20.6. The van der Waals surface area contributed by atoms with E-state index in [0.29, 0.717) is 11.6 Å². The van der Waals surface area contributed by atoms with Gasteiger partial charge in [-0.15, -0.1) is 0 Å². The number of benzene rings is 2. The number of amides is 1. The first-order chi connectivity index (χ1) is 12.7. The van der Waals surface area contributed by atoms with Crippen LogP contribution in [-0.2, 0) is 21.4 Å². The minimum Gasteiger partial charge on any atom is -0.379 e. The second-order valence-electron chi connectivity index (χ2n) is 5.56. The third-order valence-electron chi connectivity index (χ3n) is 3.54. The minimum atomic E-state index is -4.05. The Morgan fingerprint density at radius 1 is 1.22 bits per heavy atom. The van der Waals surface area contributed by atoms with Gasteiger partial charge in [-0.1, -0.05) is 23.7 Å². The zero-order valence-electron chi connectivity index (χ0n) is 14.0. The number of carbonyl (C=O) groups excluding carboxylic acids is 1. The average Bonchev–Trinajstić information content (AvgIpc) is 2.59. The second-order valence-corrected chi connectivity index (χ2v) is 7.56. The topological polar surface area (TPSA) is 144 Å². The predicted octanol–water partition coefficient (Wildman–Crippen LogP) is 2.01. The zero-order chi connectivity index (χ0) is 20.0. The lowest BCUT2D eigenvalue weighted by Gasteiger charge is -2.09. The van der Waals surface area contributed by atoms with Crippen LogP contribution in [0.1, 0.15) is 12.0 Å². The van der Waals surface area contributed by atoms with Crippen LogP contribution in [-0.4, -0.2) is 25.8 Å². The summed E-state index contributed by atoms with van der Waals surface area (Å²) in [6, 6.07) is 10.3. The molecule has 2 aromatic rings. The van der Waals surface area contributed by atoms with E-state index in [0.717, 1.165) is 17.7 Å². The van der Waals surface area contributed by atoms with Crippen LogP contribution in [0.2, 0.25) is 5.02 Å². The molecule has 0 saturated heterocycles. The summed E-state index contributed by atoms with van der Waals surface area (Å²) in [4.78, 5) is 21.9. The Hall–Kier alpha value is -2.69. The van der Waals surface area contributed by atoms with Gasteiger partial charge in [-0.3, -0.25) is 14.9 Å². The fraction of sp³-hybridized carbons (Fsp3) is 0.188. The zero-order valence-corrected chi connectivity index (χ0v) is 15.6. The third-order valence-corrected chi connectivity index (χ3v) is 4.69. The number of nitrogens with two attached hydrogens (primary N) is 1. The summed E-state index contributed by atoms with van der Waals surface area (Å²) in [5, 5.41) is 22.1. The molecule has 0 fully saturated rings. The van der Waals surface area contributed by atoms with Crippen LogP contribution in [0.15, 0.2) is 47.4 Å². The maximum Gasteiger partial charge on any atom is 0.293 e. The van der Waals surface area contributed by atoms with Crippen LogP contribution >= 0.6 is 11.6 Å². The number of sulfonamides is 1. The maximum absolute atomic E-state index is 11.9. The van der Waals surface area contributed by atoms with Gasteiger partial charge in [0, 0.05) is 30.6 Å². The predicted molar refractivity (Wildman–Crippen MR) is 101 cm³/mol. The van der Waals surface area contributed by atoms with Crippen LogP contribution in [0.3, 0.4) is 0 Å². The lowest BCUT2D eigenvalue weighted by atomic mass is 10.2. The van der Waals surface area contributed by atoms with E-state index >= 15 is 0 Å². The first-order valence-electron chi connectivity index (χ1n) is 7.73. The molecule has 0 aliphatic rings. The Morgan fingerprint density at radius 3 is 2.59 bits per heavy atom. The highest BCUT2D eigenvalue weighted by Crippen LogP contribution is 2.27. The van der Waals surface area contributed by atoms with Crippen molar-refractivity contribution in [2.45, 2.75) is 17.9 Å². The molecule has 11 heteroatoms. The fourth-order valence-corrected chi connectivity index (χ4v) is 2.98. The average molecular weight is 413 g/mol. The molecule has 0 radical (unpaired) electrons. The van der Waals surface area contributed by atoms with Crippen molar-refractivity contribution in [3.05, 3.63) is 63.2 Å². The molecule has 4 N–H and O–H groups in total. The van der Waals surface area contributed by atoms with E-state index in [1.54, 1.807) is 18.2 Å². The number of nitrogens with one attached hydrogen (secondary N) is 2. The fourth-order valence-electron chi connectivity index (χ4n) is 2.24. The van der Waals surface area contributed by atoms with Crippen molar-refractivity contribution in [2.75, 3.05) is 11.9 Å². The van der Waals surface area contributed by atoms with Gasteiger partial charge in [-0.05, 0) is 29.8 Å². The van der Waals surface area contributed by atoms with Gasteiger partial charge in [0.2, 0.25) is 15.9 Å². The van der Waals surface area contributed by atoms with Crippen molar-refractivity contribution < 1.29 is 18.1 Å². The summed E-state index contributed by atoms with van der Waals surface area (Å²) in [5.41, 5.74) is 0.494. The Kier molecular flexibility index (Phi) is 6.72. The van der Waals surface area contributed by atoms with E-state index in [2.05, 4.69) is 10.6 Å². The molecule has 0 saturated carbocycles. The Labute approximate surface area is 160 Å². The highest BCUT2D eigenvalue weighted by Gasteiger charge is 2.19. The van der Waals surface area contributed by atoms with Crippen molar-refractivity contribution in [3.8, 4) is 0 Å². The quantitative estimate of drug-likeness (QED) is 0.446. The van der Waals surface area contributed by atoms with E-state index in [9.17, 15) is 23.3 Å². The van der Waals surface area contributed by atoms with Gasteiger partial charge in [0.05, 0.1) is 9.82 Å². The molecular weight excluding hydrogens is 396 g/mol. The Balaban J connectivity index is 1.92. The normalized spacial score (nSPS) is 11.0. The van der Waals surface area contributed by atoms with Crippen molar-refractivity contribution in [3.63, 3.8) is 0 Å². The molecule has 0 spiro atoms. The molecule has 0 bridgehead atoms. The Bertz CT molecular complexity index is 965. The van der Waals surface area contributed by atoms with Gasteiger partial charge in [-0.25, -0.2) is 13.6 Å². The van der Waals surface area contributed by atoms with Crippen LogP contribution in [0.4, 0.5) is 11.4 Å². The number of halogens is 1. The molecule has 0 unspecified atom stereocenters. The Morgan fingerprint density at radius 2 is 1.96 bits per heavy atom. The number of anilines is 1. The molecule has 2 rings (SSSR count). The van der Waals surface area contributed by atoms with Gasteiger partial charge >= 0.3 is 0 Å². The van der Waals surface area contributed by atoms with Crippen molar-refractivity contribution >= 4 is 38.9 Å². The summed E-state index contributed by atoms with van der Waals surface area (Å²) in [6.07, 6.45) is 0.0641. The maximum atomic E-state index is 11.9. The van der Waals surface area contributed by atoms with Crippen LogP contribution in [0, 0.1) is 10.1 Å². The lowest BCUT2D eigenvalue weighted by Crippen LogP contribution is -2.25. The standard InChI is InChI=1S/C16H17ClN4O5S/c17-12-3-1-2-11(8-12)10-20-16(22)6-7-19-14-5-4-13(27(18,25)26)9-15(14)21(23)24/h1-5,8-9,19H,6-7,10H2,(H,20,22)(H2,18,25,26). The smallest absolute Gasteiger partial charge is 0.293 e. The van der Waals surface area contributed by atoms with Crippen molar-refractivity contribution in [1.82, 2.24) is 5.32 Å². The molecule has 144 valence electrons. The van der Waals surface area contributed by atoms with Gasteiger partial charge < -0.3 is 10.6 Å². The van der Waals surface area contributed by atoms with E-state index < -0.39 is 20.6 Å². The summed E-state index contributed by atoms with van der Waals surface area (Å²) in [6.45, 7) is 0.430. The van der Waals surface area contributed by atoms with Crippen molar-refractivity contribution in [1.29, 1.82) is 0 Å². The molecular formula is C16H17ClN4O5S. The van der Waals surface area contributed by atoms with E-state index in [1.165, 1.54) is 6.07 Å². The lowest BCUT2D eigenvalue weighted by molar-refractivity contribution is -0.384.